The number of anilines is 1. The Balaban J connectivity index is 1.52. The van der Waals surface area contributed by atoms with Crippen LogP contribution in [0.5, 0.6) is 5.75 Å². The first-order chi connectivity index (χ1) is 11.3. The Kier molecular flexibility index (Phi) is 5.23. The van der Waals surface area contributed by atoms with E-state index >= 15 is 0 Å². The van der Waals surface area contributed by atoms with Crippen molar-refractivity contribution in [3.8, 4) is 5.75 Å². The van der Waals surface area contributed by atoms with Gasteiger partial charge in [0, 0.05) is 52.3 Å². The molecule has 0 aromatic heterocycles. The number of benzene rings is 1. The summed E-state index contributed by atoms with van der Waals surface area (Å²) in [4.78, 5) is 8.92. The zero-order valence-electron chi connectivity index (χ0n) is 13.7. The van der Waals surface area contributed by atoms with Crippen molar-refractivity contribution >= 4 is 11.6 Å². The van der Waals surface area contributed by atoms with Crippen molar-refractivity contribution in [1.29, 1.82) is 0 Å². The van der Waals surface area contributed by atoms with Gasteiger partial charge in [-0.2, -0.15) is 0 Å². The highest BCUT2D eigenvalue weighted by Crippen LogP contribution is 2.27. The molecule has 0 aliphatic carbocycles. The van der Waals surface area contributed by atoms with Gasteiger partial charge in [0.05, 0.1) is 12.3 Å². The van der Waals surface area contributed by atoms with Crippen LogP contribution in [0.4, 0.5) is 5.69 Å². The van der Waals surface area contributed by atoms with Crippen molar-refractivity contribution in [2.45, 2.75) is 6.42 Å². The first kappa shape index (κ1) is 15.9. The molecule has 0 saturated carbocycles. The SMILES string of the molecule is CN=C(NCC1CCOC1)N1CCN(c2ccccc2O)CC1. The maximum absolute atomic E-state index is 9.99. The van der Waals surface area contributed by atoms with Gasteiger partial charge in [-0.25, -0.2) is 0 Å². The molecule has 0 radical (unpaired) electrons. The predicted octanol–water partition coefficient (Wildman–Crippen LogP) is 1.13. The Morgan fingerprint density at radius 3 is 2.74 bits per heavy atom. The molecule has 6 heteroatoms. The molecule has 1 aromatic carbocycles. The van der Waals surface area contributed by atoms with Crippen molar-refractivity contribution in [3.05, 3.63) is 24.3 Å². The third-order valence-electron chi connectivity index (χ3n) is 4.59. The van der Waals surface area contributed by atoms with Gasteiger partial charge in [-0.1, -0.05) is 12.1 Å². The van der Waals surface area contributed by atoms with E-state index in [4.69, 9.17) is 4.74 Å². The highest BCUT2D eigenvalue weighted by molar-refractivity contribution is 5.80. The number of ether oxygens (including phenoxy) is 1. The number of nitrogens with zero attached hydrogens (tertiary/aromatic N) is 3. The number of phenolic OH excluding ortho intramolecular Hbond substituents is 1. The number of piperazine rings is 1. The summed E-state index contributed by atoms with van der Waals surface area (Å²) in [5.41, 5.74) is 0.915. The van der Waals surface area contributed by atoms with Crippen molar-refractivity contribution in [2.75, 3.05) is 57.9 Å². The van der Waals surface area contributed by atoms with Crippen LogP contribution in [0.2, 0.25) is 0 Å². The number of rotatable bonds is 3. The van der Waals surface area contributed by atoms with E-state index in [2.05, 4.69) is 20.1 Å². The van der Waals surface area contributed by atoms with Gasteiger partial charge in [-0.05, 0) is 18.6 Å². The molecule has 6 nitrogen and oxygen atoms in total. The van der Waals surface area contributed by atoms with Crippen molar-refractivity contribution in [3.63, 3.8) is 0 Å². The Hall–Kier alpha value is -1.95. The molecule has 1 aromatic rings. The number of aliphatic imine (C=N–C) groups is 1. The first-order valence-electron chi connectivity index (χ1n) is 8.34. The highest BCUT2D eigenvalue weighted by atomic mass is 16.5. The van der Waals surface area contributed by atoms with Gasteiger partial charge in [0.15, 0.2) is 5.96 Å². The monoisotopic (exact) mass is 318 g/mol. The number of aromatic hydroxyl groups is 1. The fraction of sp³-hybridized carbons (Fsp3) is 0.588. The average molecular weight is 318 g/mol. The number of guanidine groups is 1. The predicted molar refractivity (Wildman–Crippen MR) is 92.2 cm³/mol. The summed E-state index contributed by atoms with van der Waals surface area (Å²) in [6, 6.07) is 7.53. The maximum Gasteiger partial charge on any atom is 0.193 e. The standard InChI is InChI=1S/C17H26N4O2/c1-18-17(19-12-14-6-11-23-13-14)21-9-7-20(8-10-21)15-4-2-3-5-16(15)22/h2-5,14,22H,6-13H2,1H3,(H,18,19). The van der Waals surface area contributed by atoms with E-state index in [-0.39, 0.29) is 0 Å². The van der Waals surface area contributed by atoms with Crippen molar-refractivity contribution in [2.24, 2.45) is 10.9 Å². The van der Waals surface area contributed by atoms with Crippen LogP contribution in [0.1, 0.15) is 6.42 Å². The molecule has 1 atom stereocenters. The first-order valence-corrected chi connectivity index (χ1v) is 8.34. The summed E-state index contributed by atoms with van der Waals surface area (Å²) in [5.74, 6) is 1.91. The molecule has 2 fully saturated rings. The zero-order valence-corrected chi connectivity index (χ0v) is 13.7. The molecule has 23 heavy (non-hydrogen) atoms. The van der Waals surface area contributed by atoms with Gasteiger partial charge in [-0.15, -0.1) is 0 Å². The third-order valence-corrected chi connectivity index (χ3v) is 4.59. The Bertz CT molecular complexity index is 535. The van der Waals surface area contributed by atoms with Crippen LogP contribution >= 0.6 is 0 Å². The Labute approximate surface area is 137 Å². The summed E-state index contributed by atoms with van der Waals surface area (Å²) in [6.45, 7) is 6.21. The van der Waals surface area contributed by atoms with Crippen molar-refractivity contribution < 1.29 is 9.84 Å². The lowest BCUT2D eigenvalue weighted by atomic mass is 10.1. The van der Waals surface area contributed by atoms with Gasteiger partial charge in [0.1, 0.15) is 5.75 Å². The molecule has 126 valence electrons. The molecule has 0 bridgehead atoms. The second kappa shape index (κ2) is 7.55. The molecule has 2 heterocycles. The Morgan fingerprint density at radius 2 is 2.09 bits per heavy atom. The van der Waals surface area contributed by atoms with Gasteiger partial charge in [0.25, 0.3) is 0 Å². The topological polar surface area (TPSA) is 60.3 Å². The lowest BCUT2D eigenvalue weighted by molar-refractivity contribution is 0.186. The molecule has 2 aliphatic rings. The average Bonchev–Trinajstić information content (AvgIpc) is 3.10. The molecule has 2 N–H and O–H groups in total. The van der Waals surface area contributed by atoms with Crippen LogP contribution in [-0.4, -0.2) is 69.0 Å². The smallest absolute Gasteiger partial charge is 0.193 e. The van der Waals surface area contributed by atoms with Crippen molar-refractivity contribution in [1.82, 2.24) is 10.2 Å². The number of para-hydroxylation sites is 2. The summed E-state index contributed by atoms with van der Waals surface area (Å²) in [7, 11) is 1.84. The number of phenols is 1. The van der Waals surface area contributed by atoms with E-state index in [0.29, 0.717) is 11.7 Å². The minimum atomic E-state index is 0.352. The van der Waals surface area contributed by atoms with Gasteiger partial charge in [0.2, 0.25) is 0 Å². The van der Waals surface area contributed by atoms with E-state index in [0.717, 1.165) is 64.0 Å². The summed E-state index contributed by atoms with van der Waals surface area (Å²) >= 11 is 0. The molecule has 2 saturated heterocycles. The third kappa shape index (κ3) is 3.88. The summed E-state index contributed by atoms with van der Waals surface area (Å²) in [6.07, 6.45) is 1.13. The van der Waals surface area contributed by atoms with Crippen LogP contribution < -0.4 is 10.2 Å². The molecular formula is C17H26N4O2. The number of nitrogens with one attached hydrogen (secondary N) is 1. The quantitative estimate of drug-likeness (QED) is 0.646. The van der Waals surface area contributed by atoms with Gasteiger partial charge >= 0.3 is 0 Å². The second-order valence-corrected chi connectivity index (χ2v) is 6.12. The fourth-order valence-corrected chi connectivity index (χ4v) is 3.20. The largest absolute Gasteiger partial charge is 0.506 e. The number of hydrogen-bond donors (Lipinski definition) is 2. The minimum absolute atomic E-state index is 0.352. The molecular weight excluding hydrogens is 292 g/mol. The van der Waals surface area contributed by atoms with Gasteiger partial charge < -0.3 is 25.0 Å². The lowest BCUT2D eigenvalue weighted by Gasteiger charge is -2.38. The molecule has 0 amide bonds. The van der Waals surface area contributed by atoms with E-state index in [1.54, 1.807) is 6.07 Å². The van der Waals surface area contributed by atoms with E-state index in [9.17, 15) is 5.11 Å². The van der Waals surface area contributed by atoms with Crippen LogP contribution in [0, 0.1) is 5.92 Å². The van der Waals surface area contributed by atoms with E-state index in [1.165, 1.54) is 0 Å². The molecule has 3 rings (SSSR count). The minimum Gasteiger partial charge on any atom is -0.506 e. The van der Waals surface area contributed by atoms with Crippen LogP contribution in [0.3, 0.4) is 0 Å². The lowest BCUT2D eigenvalue weighted by Crippen LogP contribution is -2.53. The summed E-state index contributed by atoms with van der Waals surface area (Å²) < 4.78 is 5.42. The van der Waals surface area contributed by atoms with Gasteiger partial charge in [-0.3, -0.25) is 4.99 Å². The normalized spacial score (nSPS) is 22.5. The fourth-order valence-electron chi connectivity index (χ4n) is 3.20. The van der Waals surface area contributed by atoms with Crippen LogP contribution in [0.25, 0.3) is 0 Å². The molecule has 2 aliphatic heterocycles. The molecule has 0 spiro atoms. The number of hydrogen-bond acceptors (Lipinski definition) is 4. The maximum atomic E-state index is 9.99. The zero-order chi connectivity index (χ0) is 16.1. The highest BCUT2D eigenvalue weighted by Gasteiger charge is 2.22. The molecule has 1 unspecified atom stereocenters. The van der Waals surface area contributed by atoms with E-state index < -0.39 is 0 Å². The summed E-state index contributed by atoms with van der Waals surface area (Å²) in [5, 5.41) is 13.5. The van der Waals surface area contributed by atoms with Crippen LogP contribution in [-0.2, 0) is 4.74 Å². The Morgan fingerprint density at radius 1 is 1.30 bits per heavy atom. The van der Waals surface area contributed by atoms with E-state index in [1.807, 2.05) is 25.2 Å². The van der Waals surface area contributed by atoms with Crippen LogP contribution in [0.15, 0.2) is 29.3 Å². The second-order valence-electron chi connectivity index (χ2n) is 6.12.